The summed E-state index contributed by atoms with van der Waals surface area (Å²) in [6, 6.07) is 4.25. The minimum atomic E-state index is 0.312. The molecule has 0 aromatic carbocycles. The van der Waals surface area contributed by atoms with E-state index in [9.17, 15) is 0 Å². The van der Waals surface area contributed by atoms with Gasteiger partial charge in [0.15, 0.2) is 5.58 Å². The van der Waals surface area contributed by atoms with Crippen molar-refractivity contribution in [2.24, 2.45) is 5.41 Å². The summed E-state index contributed by atoms with van der Waals surface area (Å²) in [5.74, 6) is 1.15. The molecule has 0 amide bonds. The number of ether oxygens (including phenoxy) is 1. The van der Waals surface area contributed by atoms with Crippen LogP contribution in [0.1, 0.15) is 37.9 Å². The number of pyridine rings is 1. The minimum absolute atomic E-state index is 0.312. The number of nitriles is 1. The first kappa shape index (κ1) is 17.8. The van der Waals surface area contributed by atoms with Crippen molar-refractivity contribution in [1.82, 2.24) is 10.3 Å². The second-order valence-electron chi connectivity index (χ2n) is 7.50. The van der Waals surface area contributed by atoms with Crippen LogP contribution < -0.4 is 10.6 Å². The summed E-state index contributed by atoms with van der Waals surface area (Å²) in [5.41, 5.74) is 1.25. The van der Waals surface area contributed by atoms with Gasteiger partial charge in [0.1, 0.15) is 11.9 Å². The second-order valence-corrected chi connectivity index (χ2v) is 8.29. The first-order valence-corrected chi connectivity index (χ1v) is 10.0. The first-order chi connectivity index (χ1) is 12.7. The van der Waals surface area contributed by atoms with E-state index in [1.54, 1.807) is 12.3 Å². The summed E-state index contributed by atoms with van der Waals surface area (Å²) in [4.78, 5) is 4.39. The Morgan fingerprint density at radius 3 is 2.58 bits per heavy atom. The van der Waals surface area contributed by atoms with E-state index < -0.39 is 0 Å². The van der Waals surface area contributed by atoms with Crippen molar-refractivity contribution in [2.45, 2.75) is 38.1 Å². The smallest absolute Gasteiger partial charge is 0.204 e. The van der Waals surface area contributed by atoms with E-state index in [-0.39, 0.29) is 0 Å². The molecule has 1 spiro atoms. The van der Waals surface area contributed by atoms with Gasteiger partial charge in [-0.2, -0.15) is 5.26 Å². The lowest BCUT2D eigenvalue weighted by Crippen LogP contribution is -2.64. The van der Waals surface area contributed by atoms with Gasteiger partial charge in [-0.1, -0.05) is 19.3 Å². The molecule has 1 aliphatic carbocycles. The van der Waals surface area contributed by atoms with E-state index in [1.165, 1.54) is 45.2 Å². The molecule has 2 N–H and O–H groups in total. The summed E-state index contributed by atoms with van der Waals surface area (Å²) in [7, 11) is 0. The average molecular weight is 419 g/mol. The Hall–Kier alpha value is -1.62. The van der Waals surface area contributed by atoms with E-state index in [1.807, 2.05) is 6.07 Å². The van der Waals surface area contributed by atoms with Gasteiger partial charge in [-0.15, -0.1) is 0 Å². The van der Waals surface area contributed by atoms with Gasteiger partial charge in [0.05, 0.1) is 23.9 Å². The Bertz CT molecular complexity index is 799. The van der Waals surface area contributed by atoms with Crippen LogP contribution in [0.15, 0.2) is 21.2 Å². The van der Waals surface area contributed by atoms with Crippen LogP contribution >= 0.6 is 15.9 Å². The third-order valence-corrected chi connectivity index (χ3v) is 6.19. The average Bonchev–Trinajstić information content (AvgIpc) is 3.01. The molecule has 3 aliphatic rings. The third kappa shape index (κ3) is 3.59. The predicted molar refractivity (Wildman–Crippen MR) is 103 cm³/mol. The Morgan fingerprint density at radius 1 is 1.27 bits per heavy atom. The van der Waals surface area contributed by atoms with Crippen molar-refractivity contribution in [2.75, 3.05) is 31.6 Å². The molecule has 1 saturated carbocycles. The zero-order valence-corrected chi connectivity index (χ0v) is 16.3. The van der Waals surface area contributed by atoms with Gasteiger partial charge in [-0.3, -0.25) is 0 Å². The molecule has 0 unspecified atom stereocenters. The summed E-state index contributed by atoms with van der Waals surface area (Å²) in [6.07, 6.45) is 7.96. The highest BCUT2D eigenvalue weighted by molar-refractivity contribution is 9.10. The largest absolute Gasteiger partial charge is 0.444 e. The van der Waals surface area contributed by atoms with Gasteiger partial charge in [-0.05, 0) is 28.8 Å². The SMILES string of the molecule is C1NCC12COC2.N#Cc1cc2c(Br)c(NC3CCCCC3)ncc2o1. The van der Waals surface area contributed by atoms with Crippen LogP contribution in [0.2, 0.25) is 0 Å². The van der Waals surface area contributed by atoms with E-state index in [0.717, 1.165) is 28.9 Å². The fourth-order valence-electron chi connectivity index (χ4n) is 3.65. The molecular weight excluding hydrogens is 396 g/mol. The van der Waals surface area contributed by atoms with Crippen LogP contribution in [0, 0.1) is 16.7 Å². The van der Waals surface area contributed by atoms with Crippen molar-refractivity contribution >= 4 is 32.7 Å². The van der Waals surface area contributed by atoms with Gasteiger partial charge in [-0.25, -0.2) is 4.98 Å². The van der Waals surface area contributed by atoms with Gasteiger partial charge < -0.3 is 19.8 Å². The second kappa shape index (κ2) is 7.55. The summed E-state index contributed by atoms with van der Waals surface area (Å²) < 4.78 is 11.3. The number of furan rings is 1. The van der Waals surface area contributed by atoms with E-state index in [4.69, 9.17) is 14.4 Å². The van der Waals surface area contributed by atoms with Crippen molar-refractivity contribution in [1.29, 1.82) is 5.26 Å². The summed E-state index contributed by atoms with van der Waals surface area (Å²) in [6.45, 7) is 4.38. The third-order valence-electron chi connectivity index (χ3n) is 5.39. The number of rotatable bonds is 2. The quantitative estimate of drug-likeness (QED) is 0.770. The molecule has 2 aromatic rings. The maximum atomic E-state index is 8.86. The number of anilines is 1. The zero-order chi connectivity index (χ0) is 18.0. The van der Waals surface area contributed by atoms with Crippen molar-refractivity contribution < 1.29 is 9.15 Å². The van der Waals surface area contributed by atoms with Crippen LogP contribution in [-0.4, -0.2) is 37.3 Å². The van der Waals surface area contributed by atoms with Crippen LogP contribution in [0.5, 0.6) is 0 Å². The first-order valence-electron chi connectivity index (χ1n) is 9.22. The molecule has 2 aromatic heterocycles. The van der Waals surface area contributed by atoms with Crippen molar-refractivity contribution in [3.8, 4) is 6.07 Å². The number of halogens is 1. The zero-order valence-electron chi connectivity index (χ0n) is 14.7. The highest BCUT2D eigenvalue weighted by Gasteiger charge is 2.43. The molecule has 0 bridgehead atoms. The molecule has 3 fully saturated rings. The lowest BCUT2D eigenvalue weighted by Gasteiger charge is -2.48. The molecule has 2 aliphatic heterocycles. The molecule has 7 heteroatoms. The molecule has 0 atom stereocenters. The molecule has 6 nitrogen and oxygen atoms in total. The van der Waals surface area contributed by atoms with E-state index in [2.05, 4.69) is 31.5 Å². The normalized spacial score (nSPS) is 21.2. The van der Waals surface area contributed by atoms with Crippen molar-refractivity contribution in [3.05, 3.63) is 22.5 Å². The molecule has 5 rings (SSSR count). The Kier molecular flexibility index (Phi) is 5.16. The summed E-state index contributed by atoms with van der Waals surface area (Å²) in [5, 5.41) is 16.5. The van der Waals surface area contributed by atoms with Crippen LogP contribution in [0.4, 0.5) is 5.82 Å². The Labute approximate surface area is 161 Å². The van der Waals surface area contributed by atoms with E-state index in [0.29, 0.717) is 22.8 Å². The van der Waals surface area contributed by atoms with E-state index >= 15 is 0 Å². The van der Waals surface area contributed by atoms with Crippen LogP contribution in [-0.2, 0) is 4.74 Å². The Morgan fingerprint density at radius 2 is 2.04 bits per heavy atom. The number of hydrogen-bond donors (Lipinski definition) is 2. The van der Waals surface area contributed by atoms with Crippen LogP contribution in [0.3, 0.4) is 0 Å². The number of hydrogen-bond acceptors (Lipinski definition) is 6. The summed E-state index contributed by atoms with van der Waals surface area (Å²) >= 11 is 3.56. The number of nitrogens with one attached hydrogen (secondary N) is 2. The molecule has 138 valence electrons. The standard InChI is InChI=1S/C14H14BrN3O.C5H9NO/c15-13-11-6-10(7-16)19-12(11)8-17-14(13)18-9-4-2-1-3-5-9;1-5(2-6-1)3-7-4-5/h6,8-9H,1-5H2,(H,17,18);6H,1-4H2. The number of nitrogens with zero attached hydrogens (tertiary/aromatic N) is 2. The molecule has 0 radical (unpaired) electrons. The predicted octanol–water partition coefficient (Wildman–Crippen LogP) is 3.81. The van der Waals surface area contributed by atoms with Gasteiger partial charge >= 0.3 is 0 Å². The molecule has 4 heterocycles. The maximum Gasteiger partial charge on any atom is 0.204 e. The lowest BCUT2D eigenvalue weighted by molar-refractivity contribution is -0.139. The molecule has 26 heavy (non-hydrogen) atoms. The van der Waals surface area contributed by atoms with Crippen molar-refractivity contribution in [3.63, 3.8) is 0 Å². The van der Waals surface area contributed by atoms with Gasteiger partial charge in [0.25, 0.3) is 0 Å². The molecule has 2 saturated heterocycles. The molecular formula is C19H23BrN4O2. The maximum absolute atomic E-state index is 8.86. The lowest BCUT2D eigenvalue weighted by atomic mass is 9.80. The van der Waals surface area contributed by atoms with Gasteiger partial charge in [0, 0.05) is 36.0 Å². The minimum Gasteiger partial charge on any atom is -0.444 e. The van der Waals surface area contributed by atoms with Gasteiger partial charge in [0.2, 0.25) is 5.76 Å². The fourth-order valence-corrected chi connectivity index (χ4v) is 4.18. The highest BCUT2D eigenvalue weighted by atomic mass is 79.9. The topological polar surface area (TPSA) is 83.1 Å². The number of fused-ring (bicyclic) bond motifs is 1. The monoisotopic (exact) mass is 418 g/mol. The Balaban J connectivity index is 0.000000198. The highest BCUT2D eigenvalue weighted by Crippen LogP contribution is 2.33. The fraction of sp³-hybridized carbons (Fsp3) is 0.579. The van der Waals surface area contributed by atoms with Crippen LogP contribution in [0.25, 0.3) is 11.0 Å². The number of aromatic nitrogens is 1.